The van der Waals surface area contributed by atoms with E-state index < -0.39 is 0 Å². The van der Waals surface area contributed by atoms with E-state index in [0.29, 0.717) is 6.54 Å². The highest BCUT2D eigenvalue weighted by Crippen LogP contribution is 2.25. The molecule has 2 rings (SSSR count). The third kappa shape index (κ3) is 3.24. The fourth-order valence-corrected chi connectivity index (χ4v) is 1.94. The SMILES string of the molecule is C#Cc1cccc(NCc2cc(OC)ccc2OC)c1. The van der Waals surface area contributed by atoms with Gasteiger partial charge >= 0.3 is 0 Å². The van der Waals surface area contributed by atoms with Gasteiger partial charge in [-0.25, -0.2) is 0 Å². The number of rotatable bonds is 5. The van der Waals surface area contributed by atoms with Crippen LogP contribution in [0.5, 0.6) is 11.5 Å². The Morgan fingerprint density at radius 2 is 1.95 bits per heavy atom. The highest BCUT2D eigenvalue weighted by Gasteiger charge is 2.05. The van der Waals surface area contributed by atoms with Crippen molar-refractivity contribution in [2.45, 2.75) is 6.54 Å². The standard InChI is InChI=1S/C17H17NO2/c1-4-13-6-5-7-15(10-13)18-12-14-11-16(19-2)8-9-17(14)20-3/h1,5-11,18H,12H2,2-3H3. The quantitative estimate of drug-likeness (QED) is 0.843. The van der Waals surface area contributed by atoms with Gasteiger partial charge in [0.15, 0.2) is 0 Å². The van der Waals surface area contributed by atoms with E-state index in [1.54, 1.807) is 14.2 Å². The van der Waals surface area contributed by atoms with Crippen molar-refractivity contribution in [3.63, 3.8) is 0 Å². The lowest BCUT2D eigenvalue weighted by Crippen LogP contribution is -2.02. The van der Waals surface area contributed by atoms with E-state index in [2.05, 4.69) is 11.2 Å². The minimum Gasteiger partial charge on any atom is -0.497 e. The van der Waals surface area contributed by atoms with Crippen LogP contribution in [0.15, 0.2) is 42.5 Å². The molecular formula is C17H17NO2. The Morgan fingerprint density at radius 1 is 1.10 bits per heavy atom. The smallest absolute Gasteiger partial charge is 0.124 e. The highest BCUT2D eigenvalue weighted by molar-refractivity contribution is 5.51. The van der Waals surface area contributed by atoms with Crippen LogP contribution in [0.25, 0.3) is 0 Å². The predicted molar refractivity (Wildman–Crippen MR) is 81.2 cm³/mol. The van der Waals surface area contributed by atoms with E-state index in [1.807, 2.05) is 42.5 Å². The minimum absolute atomic E-state index is 0.633. The van der Waals surface area contributed by atoms with Crippen molar-refractivity contribution in [1.82, 2.24) is 0 Å². The van der Waals surface area contributed by atoms with Gasteiger partial charge in [-0.05, 0) is 36.4 Å². The normalized spacial score (nSPS) is 9.65. The van der Waals surface area contributed by atoms with Crippen LogP contribution >= 0.6 is 0 Å². The largest absolute Gasteiger partial charge is 0.497 e. The van der Waals surface area contributed by atoms with Crippen molar-refractivity contribution in [2.75, 3.05) is 19.5 Å². The van der Waals surface area contributed by atoms with Crippen molar-refractivity contribution >= 4 is 5.69 Å². The van der Waals surface area contributed by atoms with Crippen molar-refractivity contribution in [3.8, 4) is 23.8 Å². The average Bonchev–Trinajstić information content (AvgIpc) is 2.52. The molecule has 1 N–H and O–H groups in total. The Labute approximate surface area is 119 Å². The van der Waals surface area contributed by atoms with Crippen LogP contribution in [0.1, 0.15) is 11.1 Å². The number of ether oxygens (including phenoxy) is 2. The van der Waals surface area contributed by atoms with Crippen molar-refractivity contribution in [1.29, 1.82) is 0 Å². The van der Waals surface area contributed by atoms with Gasteiger partial charge in [0.2, 0.25) is 0 Å². The summed E-state index contributed by atoms with van der Waals surface area (Å²) in [5.74, 6) is 4.25. The van der Waals surface area contributed by atoms with Gasteiger partial charge in [-0.15, -0.1) is 6.42 Å². The number of nitrogens with one attached hydrogen (secondary N) is 1. The molecule has 0 aliphatic carbocycles. The summed E-state index contributed by atoms with van der Waals surface area (Å²) in [4.78, 5) is 0. The molecule has 3 heteroatoms. The summed E-state index contributed by atoms with van der Waals surface area (Å²) in [6, 6.07) is 13.5. The molecule has 0 aliphatic rings. The third-order valence-electron chi connectivity index (χ3n) is 3.00. The van der Waals surface area contributed by atoms with E-state index in [1.165, 1.54) is 0 Å². The minimum atomic E-state index is 0.633. The number of benzene rings is 2. The van der Waals surface area contributed by atoms with Gasteiger partial charge in [-0.1, -0.05) is 12.0 Å². The molecule has 3 nitrogen and oxygen atoms in total. The second kappa shape index (κ2) is 6.53. The summed E-state index contributed by atoms with van der Waals surface area (Å²) in [5, 5.41) is 3.33. The number of hydrogen-bond acceptors (Lipinski definition) is 3. The van der Waals surface area contributed by atoms with E-state index >= 15 is 0 Å². The Kier molecular flexibility index (Phi) is 4.52. The molecule has 2 aromatic rings. The zero-order valence-corrected chi connectivity index (χ0v) is 11.6. The van der Waals surface area contributed by atoms with Crippen LogP contribution in [0.4, 0.5) is 5.69 Å². The topological polar surface area (TPSA) is 30.5 Å². The lowest BCUT2D eigenvalue weighted by Gasteiger charge is -2.12. The molecule has 0 radical (unpaired) electrons. The van der Waals surface area contributed by atoms with E-state index in [-0.39, 0.29) is 0 Å². The number of hydrogen-bond donors (Lipinski definition) is 1. The Bertz CT molecular complexity index is 629. The Morgan fingerprint density at radius 3 is 2.65 bits per heavy atom. The first kappa shape index (κ1) is 13.8. The van der Waals surface area contributed by atoms with Crippen LogP contribution in [-0.2, 0) is 6.54 Å². The lowest BCUT2D eigenvalue weighted by atomic mass is 10.1. The molecule has 0 bridgehead atoms. The fourth-order valence-electron chi connectivity index (χ4n) is 1.94. The molecule has 0 aliphatic heterocycles. The van der Waals surface area contributed by atoms with Gasteiger partial charge in [0.05, 0.1) is 14.2 Å². The van der Waals surface area contributed by atoms with Crippen LogP contribution in [0.2, 0.25) is 0 Å². The Hall–Kier alpha value is -2.60. The first-order valence-corrected chi connectivity index (χ1v) is 6.28. The second-order valence-corrected chi connectivity index (χ2v) is 4.26. The monoisotopic (exact) mass is 267 g/mol. The molecule has 0 saturated heterocycles. The molecule has 102 valence electrons. The predicted octanol–water partition coefficient (Wildman–Crippen LogP) is 3.30. The summed E-state index contributed by atoms with van der Waals surface area (Å²) in [6.07, 6.45) is 5.40. The van der Waals surface area contributed by atoms with Gasteiger partial charge in [0.25, 0.3) is 0 Å². The first-order valence-electron chi connectivity index (χ1n) is 6.28. The van der Waals surface area contributed by atoms with Gasteiger partial charge in [-0.2, -0.15) is 0 Å². The number of methoxy groups -OCH3 is 2. The first-order chi connectivity index (χ1) is 9.76. The van der Waals surface area contributed by atoms with Crippen molar-refractivity contribution in [2.24, 2.45) is 0 Å². The molecule has 0 atom stereocenters. The third-order valence-corrected chi connectivity index (χ3v) is 3.00. The summed E-state index contributed by atoms with van der Waals surface area (Å²) in [6.45, 7) is 0.633. The molecule has 0 amide bonds. The molecular weight excluding hydrogens is 250 g/mol. The van der Waals surface area contributed by atoms with Gasteiger partial charge in [0, 0.05) is 23.4 Å². The second-order valence-electron chi connectivity index (χ2n) is 4.26. The summed E-state index contributed by atoms with van der Waals surface area (Å²) in [7, 11) is 3.31. The maximum atomic E-state index is 5.40. The molecule has 0 fully saturated rings. The molecule has 0 aromatic heterocycles. The molecule has 2 aromatic carbocycles. The average molecular weight is 267 g/mol. The molecule has 0 heterocycles. The van der Waals surface area contributed by atoms with E-state index in [4.69, 9.17) is 15.9 Å². The number of terminal acetylenes is 1. The summed E-state index contributed by atoms with van der Waals surface area (Å²) in [5.41, 5.74) is 2.86. The summed E-state index contributed by atoms with van der Waals surface area (Å²) >= 11 is 0. The highest BCUT2D eigenvalue weighted by atomic mass is 16.5. The fraction of sp³-hybridized carbons (Fsp3) is 0.176. The maximum absolute atomic E-state index is 5.40. The van der Waals surface area contributed by atoms with Crippen LogP contribution in [-0.4, -0.2) is 14.2 Å². The lowest BCUT2D eigenvalue weighted by molar-refractivity contribution is 0.399. The summed E-state index contributed by atoms with van der Waals surface area (Å²) < 4.78 is 10.6. The van der Waals surface area contributed by atoms with Crippen molar-refractivity contribution in [3.05, 3.63) is 53.6 Å². The molecule has 0 spiro atoms. The van der Waals surface area contributed by atoms with E-state index in [0.717, 1.165) is 28.3 Å². The van der Waals surface area contributed by atoms with Crippen LogP contribution in [0.3, 0.4) is 0 Å². The number of anilines is 1. The molecule has 0 unspecified atom stereocenters. The molecule has 0 saturated carbocycles. The Balaban J connectivity index is 2.15. The zero-order chi connectivity index (χ0) is 14.4. The van der Waals surface area contributed by atoms with Gasteiger partial charge in [0.1, 0.15) is 11.5 Å². The maximum Gasteiger partial charge on any atom is 0.124 e. The van der Waals surface area contributed by atoms with Gasteiger partial charge in [-0.3, -0.25) is 0 Å². The van der Waals surface area contributed by atoms with Crippen molar-refractivity contribution < 1.29 is 9.47 Å². The zero-order valence-electron chi connectivity index (χ0n) is 11.6. The van der Waals surface area contributed by atoms with Crippen LogP contribution in [0, 0.1) is 12.3 Å². The molecule has 20 heavy (non-hydrogen) atoms. The van der Waals surface area contributed by atoms with Crippen LogP contribution < -0.4 is 14.8 Å². The van der Waals surface area contributed by atoms with Gasteiger partial charge < -0.3 is 14.8 Å². The van der Waals surface area contributed by atoms with E-state index in [9.17, 15) is 0 Å².